The maximum Gasteiger partial charge on any atom is 0.419 e. The van der Waals surface area contributed by atoms with E-state index in [0.29, 0.717) is 5.56 Å². The normalized spacial score (nSPS) is 12.6. The number of alkyl halides is 3. The zero-order valence-corrected chi connectivity index (χ0v) is 13.7. The molecule has 0 heterocycles. The van der Waals surface area contributed by atoms with E-state index in [-0.39, 0.29) is 6.04 Å². The van der Waals surface area contributed by atoms with Crippen molar-refractivity contribution in [3.63, 3.8) is 0 Å². The molecular formula is C18H17F4NO2. The predicted octanol–water partition coefficient (Wildman–Crippen LogP) is 4.44. The van der Waals surface area contributed by atoms with Gasteiger partial charge in [0.05, 0.1) is 11.6 Å². The van der Waals surface area contributed by atoms with Crippen molar-refractivity contribution < 1.29 is 27.1 Å². The van der Waals surface area contributed by atoms with E-state index >= 15 is 0 Å². The molecule has 0 aliphatic rings. The third-order valence-corrected chi connectivity index (χ3v) is 3.87. The lowest BCUT2D eigenvalue weighted by molar-refractivity contribution is -0.141. The van der Waals surface area contributed by atoms with Gasteiger partial charge in [0.25, 0.3) is 5.91 Å². The maximum atomic E-state index is 13.0. The molecular weight excluding hydrogens is 338 g/mol. The minimum absolute atomic E-state index is 0.380. The molecule has 0 N–H and O–H groups in total. The fourth-order valence-electron chi connectivity index (χ4n) is 2.25. The lowest BCUT2D eigenvalue weighted by Crippen LogP contribution is -2.33. The molecule has 25 heavy (non-hydrogen) atoms. The molecule has 0 saturated carbocycles. The molecule has 0 radical (unpaired) electrons. The van der Waals surface area contributed by atoms with Gasteiger partial charge in [0, 0.05) is 7.05 Å². The summed E-state index contributed by atoms with van der Waals surface area (Å²) in [6.45, 7) is 1.20. The summed E-state index contributed by atoms with van der Waals surface area (Å²) in [6, 6.07) is 9.98. The number of hydrogen-bond acceptors (Lipinski definition) is 2. The van der Waals surface area contributed by atoms with Crippen LogP contribution in [0.3, 0.4) is 0 Å². The van der Waals surface area contributed by atoms with E-state index in [1.54, 1.807) is 19.1 Å². The van der Waals surface area contributed by atoms with Crippen LogP contribution < -0.4 is 4.74 Å². The lowest BCUT2D eigenvalue weighted by Gasteiger charge is -2.25. The molecule has 1 atom stereocenters. The molecule has 0 aliphatic carbocycles. The number of benzene rings is 2. The van der Waals surface area contributed by atoms with Gasteiger partial charge >= 0.3 is 6.18 Å². The Bertz CT molecular complexity index is 729. The summed E-state index contributed by atoms with van der Waals surface area (Å²) in [5.41, 5.74) is -0.232. The molecule has 2 rings (SSSR count). The highest BCUT2D eigenvalue weighted by atomic mass is 19.4. The van der Waals surface area contributed by atoms with E-state index in [9.17, 15) is 22.4 Å². The average molecular weight is 355 g/mol. The topological polar surface area (TPSA) is 29.5 Å². The highest BCUT2D eigenvalue weighted by Crippen LogP contribution is 2.35. The quantitative estimate of drug-likeness (QED) is 0.742. The first-order chi connectivity index (χ1) is 11.7. The maximum absolute atomic E-state index is 13.0. The van der Waals surface area contributed by atoms with Crippen molar-refractivity contribution >= 4 is 5.91 Å². The van der Waals surface area contributed by atoms with Gasteiger partial charge in [0.2, 0.25) is 0 Å². The Morgan fingerprint density at radius 2 is 1.72 bits per heavy atom. The summed E-state index contributed by atoms with van der Waals surface area (Å²) in [5.74, 6) is -1.28. The zero-order valence-electron chi connectivity index (χ0n) is 13.7. The molecule has 7 heteroatoms. The standard InChI is InChI=1S/C18H17F4NO2/c1-12(13-7-9-14(19)10-8-13)23(2)17(24)11-25-16-6-4-3-5-15(16)18(20,21)22/h3-10,12H,11H2,1-2H3. The summed E-state index contributed by atoms with van der Waals surface area (Å²) in [6.07, 6.45) is -4.56. The molecule has 0 aliphatic heterocycles. The highest BCUT2D eigenvalue weighted by Gasteiger charge is 2.34. The van der Waals surface area contributed by atoms with Gasteiger partial charge in [-0.05, 0) is 36.8 Å². The zero-order chi connectivity index (χ0) is 18.6. The Morgan fingerprint density at radius 3 is 2.32 bits per heavy atom. The van der Waals surface area contributed by atoms with Crippen LogP contribution in [0.4, 0.5) is 17.6 Å². The van der Waals surface area contributed by atoms with Crippen LogP contribution in [0.1, 0.15) is 24.1 Å². The number of rotatable bonds is 5. The molecule has 2 aromatic carbocycles. The van der Waals surface area contributed by atoms with Crippen molar-refractivity contribution in [2.24, 2.45) is 0 Å². The van der Waals surface area contributed by atoms with Gasteiger partial charge in [-0.1, -0.05) is 24.3 Å². The SMILES string of the molecule is CC(c1ccc(F)cc1)N(C)C(=O)COc1ccccc1C(F)(F)F. The van der Waals surface area contributed by atoms with E-state index in [2.05, 4.69) is 0 Å². The van der Waals surface area contributed by atoms with Crippen molar-refractivity contribution in [3.8, 4) is 5.75 Å². The van der Waals surface area contributed by atoms with Gasteiger partial charge in [-0.3, -0.25) is 4.79 Å². The van der Waals surface area contributed by atoms with Gasteiger partial charge in [-0.2, -0.15) is 13.2 Å². The largest absolute Gasteiger partial charge is 0.483 e. The summed E-state index contributed by atoms with van der Waals surface area (Å²) < 4.78 is 56.8. The van der Waals surface area contributed by atoms with Crippen molar-refractivity contribution in [2.45, 2.75) is 19.1 Å². The number of halogens is 4. The van der Waals surface area contributed by atoms with Crippen LogP contribution in [0.15, 0.2) is 48.5 Å². The lowest BCUT2D eigenvalue weighted by atomic mass is 10.1. The number of likely N-dealkylation sites (N-methyl/N-ethyl adjacent to an activating group) is 1. The fraction of sp³-hybridized carbons (Fsp3) is 0.278. The van der Waals surface area contributed by atoms with Crippen molar-refractivity contribution in [3.05, 3.63) is 65.5 Å². The monoisotopic (exact) mass is 355 g/mol. The van der Waals surface area contributed by atoms with E-state index in [1.807, 2.05) is 0 Å². The third kappa shape index (κ3) is 4.71. The average Bonchev–Trinajstić information content (AvgIpc) is 2.58. The molecule has 134 valence electrons. The highest BCUT2D eigenvalue weighted by molar-refractivity contribution is 5.78. The molecule has 0 saturated heterocycles. The van der Waals surface area contributed by atoms with Crippen LogP contribution in [0.25, 0.3) is 0 Å². The third-order valence-electron chi connectivity index (χ3n) is 3.87. The van der Waals surface area contributed by atoms with E-state index < -0.39 is 35.8 Å². The Kier molecular flexibility index (Phi) is 5.66. The van der Waals surface area contributed by atoms with Crippen LogP contribution >= 0.6 is 0 Å². The van der Waals surface area contributed by atoms with Gasteiger partial charge < -0.3 is 9.64 Å². The Morgan fingerprint density at radius 1 is 1.12 bits per heavy atom. The molecule has 1 amide bonds. The van der Waals surface area contributed by atoms with Crippen LogP contribution in [0.2, 0.25) is 0 Å². The van der Waals surface area contributed by atoms with Crippen LogP contribution in [-0.4, -0.2) is 24.5 Å². The number of hydrogen-bond donors (Lipinski definition) is 0. The smallest absolute Gasteiger partial charge is 0.419 e. The molecule has 0 spiro atoms. The molecule has 0 fully saturated rings. The number of ether oxygens (including phenoxy) is 1. The number of carbonyl (C=O) groups excluding carboxylic acids is 1. The Hall–Kier alpha value is -2.57. The number of para-hydroxylation sites is 1. The van der Waals surface area contributed by atoms with Gasteiger partial charge in [0.15, 0.2) is 6.61 Å². The summed E-state index contributed by atoms with van der Waals surface area (Å²) >= 11 is 0. The van der Waals surface area contributed by atoms with Crippen molar-refractivity contribution in [2.75, 3.05) is 13.7 Å². The minimum atomic E-state index is -4.56. The van der Waals surface area contributed by atoms with Crippen molar-refractivity contribution in [1.82, 2.24) is 4.90 Å². The van der Waals surface area contributed by atoms with Crippen LogP contribution in [0, 0.1) is 5.82 Å². The molecule has 0 aromatic heterocycles. The predicted molar refractivity (Wildman–Crippen MR) is 84.5 cm³/mol. The fourth-order valence-corrected chi connectivity index (χ4v) is 2.25. The first-order valence-corrected chi connectivity index (χ1v) is 7.50. The van der Waals surface area contributed by atoms with Crippen molar-refractivity contribution in [1.29, 1.82) is 0 Å². The second-order valence-electron chi connectivity index (χ2n) is 5.51. The molecule has 3 nitrogen and oxygen atoms in total. The van der Waals surface area contributed by atoms with Crippen LogP contribution in [-0.2, 0) is 11.0 Å². The summed E-state index contributed by atoms with van der Waals surface area (Å²) in [5, 5.41) is 0. The Balaban J connectivity index is 2.04. The van der Waals surface area contributed by atoms with E-state index in [1.165, 1.54) is 42.3 Å². The summed E-state index contributed by atoms with van der Waals surface area (Å²) in [4.78, 5) is 13.5. The second kappa shape index (κ2) is 7.55. The number of amides is 1. The Labute approximate surface area is 142 Å². The summed E-state index contributed by atoms with van der Waals surface area (Å²) in [7, 11) is 1.51. The van der Waals surface area contributed by atoms with Crippen LogP contribution in [0.5, 0.6) is 5.75 Å². The van der Waals surface area contributed by atoms with Gasteiger partial charge in [-0.25, -0.2) is 4.39 Å². The second-order valence-corrected chi connectivity index (χ2v) is 5.51. The van der Waals surface area contributed by atoms with E-state index in [0.717, 1.165) is 6.07 Å². The van der Waals surface area contributed by atoms with E-state index in [4.69, 9.17) is 4.74 Å². The number of nitrogens with zero attached hydrogens (tertiary/aromatic N) is 1. The first kappa shape index (κ1) is 18.8. The molecule has 2 aromatic rings. The first-order valence-electron chi connectivity index (χ1n) is 7.50. The van der Waals surface area contributed by atoms with Gasteiger partial charge in [0.1, 0.15) is 11.6 Å². The van der Waals surface area contributed by atoms with Gasteiger partial charge in [-0.15, -0.1) is 0 Å². The molecule has 0 bridgehead atoms. The minimum Gasteiger partial charge on any atom is -0.483 e. The molecule has 1 unspecified atom stereocenters. The number of carbonyl (C=O) groups is 1.